The van der Waals surface area contributed by atoms with E-state index in [2.05, 4.69) is 26.1 Å². The Balaban J connectivity index is 0.00000106. The fourth-order valence-electron chi connectivity index (χ4n) is 1.97. The van der Waals surface area contributed by atoms with Crippen LogP contribution in [0.5, 0.6) is 5.75 Å². The van der Waals surface area contributed by atoms with Gasteiger partial charge in [-0.3, -0.25) is 4.79 Å². The van der Waals surface area contributed by atoms with Crippen molar-refractivity contribution in [3.05, 3.63) is 23.3 Å². The first-order valence-corrected chi connectivity index (χ1v) is 7.62. The van der Waals surface area contributed by atoms with Crippen molar-refractivity contribution in [2.75, 3.05) is 12.8 Å². The van der Waals surface area contributed by atoms with Gasteiger partial charge in [0.25, 0.3) is 5.91 Å². The molecule has 118 valence electrons. The molecule has 0 spiro atoms. The summed E-state index contributed by atoms with van der Waals surface area (Å²) in [4.78, 5) is 12.3. The van der Waals surface area contributed by atoms with Crippen LogP contribution in [0.25, 0.3) is 0 Å². The number of ether oxygens (including phenoxy) is 1. The van der Waals surface area contributed by atoms with E-state index in [1.165, 1.54) is 7.11 Å². The van der Waals surface area contributed by atoms with Crippen LogP contribution in [0.2, 0.25) is 0 Å². The zero-order valence-electron chi connectivity index (χ0n) is 14.0. The molecule has 1 aromatic carbocycles. The number of nitrogens with one attached hydrogen (secondary N) is 1. The Morgan fingerprint density at radius 2 is 1.86 bits per heavy atom. The lowest BCUT2D eigenvalue weighted by Gasteiger charge is -2.22. The number of carbonyl (C=O) groups is 1. The Kier molecular flexibility index (Phi) is 5.64. The third kappa shape index (κ3) is 4.38. The Bertz CT molecular complexity index is 500. The molecule has 1 saturated carbocycles. The Morgan fingerprint density at radius 3 is 2.29 bits per heavy atom. The van der Waals surface area contributed by atoms with Crippen LogP contribution in [-0.4, -0.2) is 19.1 Å². The third-order valence-corrected chi connectivity index (χ3v) is 3.35. The predicted molar refractivity (Wildman–Crippen MR) is 87.9 cm³/mol. The van der Waals surface area contributed by atoms with Gasteiger partial charge in [0.1, 0.15) is 0 Å². The summed E-state index contributed by atoms with van der Waals surface area (Å²) >= 11 is 0. The third-order valence-electron chi connectivity index (χ3n) is 3.35. The maximum Gasteiger partial charge on any atom is 0.255 e. The second-order valence-electron chi connectivity index (χ2n) is 6.14. The van der Waals surface area contributed by atoms with Gasteiger partial charge in [-0.05, 0) is 36.0 Å². The highest BCUT2D eigenvalue weighted by molar-refractivity contribution is 5.99. The molecule has 1 aromatic rings. The van der Waals surface area contributed by atoms with Crippen molar-refractivity contribution in [1.82, 2.24) is 5.32 Å². The summed E-state index contributed by atoms with van der Waals surface area (Å²) in [7, 11) is 1.54. The summed E-state index contributed by atoms with van der Waals surface area (Å²) < 4.78 is 5.28. The van der Waals surface area contributed by atoms with E-state index in [0.717, 1.165) is 18.4 Å². The molecule has 1 amide bonds. The molecule has 0 radical (unpaired) electrons. The number of benzene rings is 1. The van der Waals surface area contributed by atoms with Crippen molar-refractivity contribution in [2.45, 2.75) is 58.9 Å². The van der Waals surface area contributed by atoms with E-state index >= 15 is 0 Å². The molecule has 0 heterocycles. The highest BCUT2D eigenvalue weighted by Gasteiger charge is 2.27. The number of nitrogens with two attached hydrogens (primary N) is 1. The fraction of sp³-hybridized carbons (Fsp3) is 0.588. The van der Waals surface area contributed by atoms with Gasteiger partial charge in [-0.1, -0.05) is 34.6 Å². The molecular weight excluding hydrogens is 264 g/mol. The number of hydrogen-bond acceptors (Lipinski definition) is 3. The molecule has 1 aliphatic carbocycles. The Labute approximate surface area is 128 Å². The average Bonchev–Trinajstić information content (AvgIpc) is 3.23. The van der Waals surface area contributed by atoms with Gasteiger partial charge in [0, 0.05) is 6.04 Å². The van der Waals surface area contributed by atoms with Crippen molar-refractivity contribution in [3.8, 4) is 5.75 Å². The lowest BCUT2D eigenvalue weighted by Crippen LogP contribution is -2.26. The molecule has 0 saturated heterocycles. The molecule has 0 atom stereocenters. The number of carbonyl (C=O) groups excluding carboxylic acids is 1. The summed E-state index contributed by atoms with van der Waals surface area (Å²) in [5.41, 5.74) is 8.02. The van der Waals surface area contributed by atoms with Gasteiger partial charge in [0.05, 0.1) is 18.4 Å². The molecule has 0 bridgehead atoms. The molecule has 1 aliphatic rings. The number of amides is 1. The van der Waals surface area contributed by atoms with Gasteiger partial charge in [0.2, 0.25) is 0 Å². The number of methoxy groups -OCH3 is 1. The normalized spacial score (nSPS) is 14.0. The number of rotatable bonds is 3. The van der Waals surface area contributed by atoms with E-state index in [1.807, 2.05) is 26.0 Å². The molecule has 1 fully saturated rings. The molecule has 3 N–H and O–H groups in total. The van der Waals surface area contributed by atoms with Gasteiger partial charge >= 0.3 is 0 Å². The summed E-state index contributed by atoms with van der Waals surface area (Å²) in [6, 6.07) is 4.08. The topological polar surface area (TPSA) is 64.3 Å². The van der Waals surface area contributed by atoms with Gasteiger partial charge in [-0.15, -0.1) is 0 Å². The first-order chi connectivity index (χ1) is 9.82. The summed E-state index contributed by atoms with van der Waals surface area (Å²) in [6.45, 7) is 10.3. The standard InChI is InChI=1S/C15H22N2O2.C2H6/c1-15(2,3)9-7-11(13(19-4)12(16)8-9)14(18)17-10-5-6-10;1-2/h7-8,10H,5-6,16H2,1-4H3,(H,17,18);1-2H3. The SMILES string of the molecule is CC.COc1c(N)cc(C(C)(C)C)cc1C(=O)NC1CC1. The highest BCUT2D eigenvalue weighted by atomic mass is 16.5. The summed E-state index contributed by atoms with van der Waals surface area (Å²) in [6.07, 6.45) is 2.12. The number of nitrogen functional groups attached to an aromatic ring is 1. The van der Waals surface area contributed by atoms with Crippen LogP contribution in [0.15, 0.2) is 12.1 Å². The number of anilines is 1. The largest absolute Gasteiger partial charge is 0.494 e. The minimum absolute atomic E-state index is 0.0605. The van der Waals surface area contributed by atoms with Gasteiger partial charge < -0.3 is 15.8 Å². The van der Waals surface area contributed by atoms with E-state index in [-0.39, 0.29) is 11.3 Å². The first kappa shape index (κ1) is 17.3. The fourth-order valence-corrected chi connectivity index (χ4v) is 1.97. The smallest absolute Gasteiger partial charge is 0.255 e. The molecule has 21 heavy (non-hydrogen) atoms. The molecule has 0 aromatic heterocycles. The van der Waals surface area contributed by atoms with Crippen molar-refractivity contribution in [2.24, 2.45) is 0 Å². The number of hydrogen-bond donors (Lipinski definition) is 2. The maximum absolute atomic E-state index is 12.3. The van der Waals surface area contributed by atoms with E-state index < -0.39 is 0 Å². The van der Waals surface area contributed by atoms with E-state index in [4.69, 9.17) is 10.5 Å². The lowest BCUT2D eigenvalue weighted by atomic mass is 9.85. The molecule has 2 rings (SSSR count). The van der Waals surface area contributed by atoms with Crippen molar-refractivity contribution in [1.29, 1.82) is 0 Å². The van der Waals surface area contributed by atoms with Gasteiger partial charge in [-0.25, -0.2) is 0 Å². The molecular formula is C17H28N2O2. The van der Waals surface area contributed by atoms with Crippen LogP contribution in [0, 0.1) is 0 Å². The quantitative estimate of drug-likeness (QED) is 0.838. The monoisotopic (exact) mass is 292 g/mol. The molecule has 0 unspecified atom stereocenters. The zero-order chi connectivity index (χ0) is 16.2. The molecule has 4 nitrogen and oxygen atoms in total. The Hall–Kier alpha value is -1.71. The maximum atomic E-state index is 12.3. The second kappa shape index (κ2) is 6.83. The van der Waals surface area contributed by atoms with Crippen LogP contribution in [0.4, 0.5) is 5.69 Å². The molecule has 4 heteroatoms. The second-order valence-corrected chi connectivity index (χ2v) is 6.14. The van der Waals surface area contributed by atoms with Crippen LogP contribution in [0.3, 0.4) is 0 Å². The summed E-state index contributed by atoms with van der Waals surface area (Å²) in [5, 5.41) is 2.98. The van der Waals surface area contributed by atoms with Crippen LogP contribution in [-0.2, 0) is 5.41 Å². The van der Waals surface area contributed by atoms with Crippen LogP contribution < -0.4 is 15.8 Å². The van der Waals surface area contributed by atoms with Crippen LogP contribution >= 0.6 is 0 Å². The van der Waals surface area contributed by atoms with Crippen molar-refractivity contribution in [3.63, 3.8) is 0 Å². The van der Waals surface area contributed by atoms with Crippen LogP contribution in [0.1, 0.15) is 63.4 Å². The summed E-state index contributed by atoms with van der Waals surface area (Å²) in [5.74, 6) is 0.364. The zero-order valence-corrected chi connectivity index (χ0v) is 14.0. The average molecular weight is 292 g/mol. The van der Waals surface area contributed by atoms with E-state index in [1.54, 1.807) is 0 Å². The Morgan fingerprint density at radius 1 is 1.29 bits per heavy atom. The highest BCUT2D eigenvalue weighted by Crippen LogP contribution is 2.34. The predicted octanol–water partition coefficient (Wildman–Crippen LogP) is 3.49. The minimum Gasteiger partial charge on any atom is -0.494 e. The van der Waals surface area contributed by atoms with Crippen molar-refractivity contribution < 1.29 is 9.53 Å². The van der Waals surface area contributed by atoms with E-state index in [0.29, 0.717) is 23.0 Å². The lowest BCUT2D eigenvalue weighted by molar-refractivity contribution is 0.0948. The molecule has 0 aliphatic heterocycles. The van der Waals surface area contributed by atoms with Gasteiger partial charge in [0.15, 0.2) is 5.75 Å². The van der Waals surface area contributed by atoms with Crippen molar-refractivity contribution >= 4 is 11.6 Å². The van der Waals surface area contributed by atoms with E-state index in [9.17, 15) is 4.79 Å². The first-order valence-electron chi connectivity index (χ1n) is 7.62. The van der Waals surface area contributed by atoms with Gasteiger partial charge in [-0.2, -0.15) is 0 Å². The minimum atomic E-state index is -0.0999.